The van der Waals surface area contributed by atoms with Crippen LogP contribution in [0.2, 0.25) is 0 Å². The van der Waals surface area contributed by atoms with E-state index < -0.39 is 0 Å². The predicted molar refractivity (Wildman–Crippen MR) is 77.1 cm³/mol. The first-order chi connectivity index (χ1) is 8.69. The Morgan fingerprint density at radius 2 is 2.11 bits per heavy atom. The normalized spacial score (nSPS) is 10.3. The van der Waals surface area contributed by atoms with Gasteiger partial charge >= 0.3 is 0 Å². The van der Waals surface area contributed by atoms with E-state index in [1.54, 1.807) is 18.4 Å². The molecular weight excluding hydrogens is 264 g/mol. The zero-order valence-electron chi connectivity index (χ0n) is 10.3. The van der Waals surface area contributed by atoms with Gasteiger partial charge in [0.25, 0.3) is 0 Å². The number of benzene rings is 1. The summed E-state index contributed by atoms with van der Waals surface area (Å²) in [4.78, 5) is 15.7. The third-order valence-corrected chi connectivity index (χ3v) is 4.46. The molecule has 2 aromatic rings. The van der Waals surface area contributed by atoms with Crippen LogP contribution in [0.3, 0.4) is 0 Å². The third kappa shape index (κ3) is 3.34. The van der Waals surface area contributed by atoms with Gasteiger partial charge in [-0.3, -0.25) is 4.79 Å². The first kappa shape index (κ1) is 13.1. The highest BCUT2D eigenvalue weighted by Gasteiger charge is 2.06. The van der Waals surface area contributed by atoms with Crippen molar-refractivity contribution >= 4 is 29.0 Å². The van der Waals surface area contributed by atoms with Crippen LogP contribution < -0.4 is 5.32 Å². The Balaban J connectivity index is 2.06. The number of nitrogens with one attached hydrogen (secondary N) is 1. The molecule has 0 atom stereocenters. The van der Waals surface area contributed by atoms with Crippen LogP contribution in [0.15, 0.2) is 34.0 Å². The predicted octanol–water partition coefficient (Wildman–Crippen LogP) is 2.96. The van der Waals surface area contributed by atoms with Gasteiger partial charge in [0.05, 0.1) is 11.4 Å². The lowest BCUT2D eigenvalue weighted by Crippen LogP contribution is -2.19. The highest BCUT2D eigenvalue weighted by atomic mass is 32.2. The summed E-state index contributed by atoms with van der Waals surface area (Å²) in [5.74, 6) is 0.434. The van der Waals surface area contributed by atoms with E-state index in [1.165, 1.54) is 17.3 Å². The number of thiazole rings is 1. The van der Waals surface area contributed by atoms with Crippen LogP contribution in [0.25, 0.3) is 11.3 Å². The SMILES string of the molecule is CNC(=O)CSc1nc(-c2ccc(C)cc2)cs1. The second kappa shape index (κ2) is 6.02. The van der Waals surface area contributed by atoms with Gasteiger partial charge in [0.1, 0.15) is 0 Å². The Morgan fingerprint density at radius 3 is 2.78 bits per heavy atom. The average Bonchev–Trinajstić information content (AvgIpc) is 2.85. The molecule has 0 aliphatic heterocycles. The summed E-state index contributed by atoms with van der Waals surface area (Å²) in [6, 6.07) is 8.28. The second-order valence-electron chi connectivity index (χ2n) is 3.83. The number of hydrogen-bond donors (Lipinski definition) is 1. The summed E-state index contributed by atoms with van der Waals surface area (Å²) in [5, 5.41) is 4.62. The first-order valence-corrected chi connectivity index (χ1v) is 7.41. The quantitative estimate of drug-likeness (QED) is 0.874. The molecule has 1 N–H and O–H groups in total. The van der Waals surface area contributed by atoms with E-state index in [9.17, 15) is 4.79 Å². The summed E-state index contributed by atoms with van der Waals surface area (Å²) in [5.41, 5.74) is 3.33. The maximum Gasteiger partial charge on any atom is 0.230 e. The summed E-state index contributed by atoms with van der Waals surface area (Å²) in [6.45, 7) is 2.06. The van der Waals surface area contributed by atoms with Crippen molar-refractivity contribution in [2.75, 3.05) is 12.8 Å². The van der Waals surface area contributed by atoms with E-state index in [1.807, 2.05) is 5.38 Å². The Morgan fingerprint density at radius 1 is 1.39 bits per heavy atom. The molecular formula is C13H14N2OS2. The number of aryl methyl sites for hydroxylation is 1. The van der Waals surface area contributed by atoms with E-state index in [0.717, 1.165) is 15.6 Å². The molecule has 0 aliphatic carbocycles. The van der Waals surface area contributed by atoms with Crippen LogP contribution in [-0.4, -0.2) is 23.7 Å². The van der Waals surface area contributed by atoms with E-state index in [2.05, 4.69) is 41.5 Å². The van der Waals surface area contributed by atoms with Gasteiger partial charge in [-0.15, -0.1) is 11.3 Å². The fourth-order valence-corrected chi connectivity index (χ4v) is 3.09. The van der Waals surface area contributed by atoms with E-state index in [-0.39, 0.29) is 5.91 Å². The summed E-state index contributed by atoms with van der Waals surface area (Å²) >= 11 is 3.04. The number of carbonyl (C=O) groups is 1. The molecule has 0 bridgehead atoms. The molecule has 0 spiro atoms. The molecule has 0 saturated carbocycles. The van der Waals surface area contributed by atoms with Gasteiger partial charge in [-0.2, -0.15) is 0 Å². The van der Waals surface area contributed by atoms with E-state index >= 15 is 0 Å². The van der Waals surface area contributed by atoms with E-state index in [4.69, 9.17) is 0 Å². The maximum absolute atomic E-state index is 11.1. The molecule has 1 amide bonds. The van der Waals surface area contributed by atoms with Crippen LogP contribution in [0.4, 0.5) is 0 Å². The molecule has 94 valence electrons. The molecule has 2 rings (SSSR count). The van der Waals surface area contributed by atoms with Crippen molar-refractivity contribution in [1.82, 2.24) is 10.3 Å². The van der Waals surface area contributed by atoms with Gasteiger partial charge in [-0.25, -0.2) is 4.98 Å². The van der Waals surface area contributed by atoms with Crippen molar-refractivity contribution in [3.05, 3.63) is 35.2 Å². The Bertz CT molecular complexity index is 534. The molecule has 0 radical (unpaired) electrons. The number of hydrogen-bond acceptors (Lipinski definition) is 4. The van der Waals surface area contributed by atoms with Gasteiger partial charge in [0.2, 0.25) is 5.91 Å². The third-order valence-electron chi connectivity index (χ3n) is 2.44. The topological polar surface area (TPSA) is 42.0 Å². The minimum Gasteiger partial charge on any atom is -0.358 e. The fraction of sp³-hybridized carbons (Fsp3) is 0.231. The van der Waals surface area contributed by atoms with Crippen LogP contribution >= 0.6 is 23.1 Å². The number of aromatic nitrogens is 1. The van der Waals surface area contributed by atoms with Crippen molar-refractivity contribution in [3.63, 3.8) is 0 Å². The molecule has 0 fully saturated rings. The lowest BCUT2D eigenvalue weighted by atomic mass is 10.1. The number of thioether (sulfide) groups is 1. The highest BCUT2D eigenvalue weighted by Crippen LogP contribution is 2.28. The molecule has 3 nitrogen and oxygen atoms in total. The fourth-order valence-electron chi connectivity index (χ4n) is 1.38. The minimum absolute atomic E-state index is 0.0204. The van der Waals surface area contributed by atoms with Crippen molar-refractivity contribution in [3.8, 4) is 11.3 Å². The first-order valence-electron chi connectivity index (χ1n) is 5.55. The summed E-state index contributed by atoms with van der Waals surface area (Å²) < 4.78 is 0.925. The zero-order valence-corrected chi connectivity index (χ0v) is 11.9. The van der Waals surface area contributed by atoms with Crippen molar-refractivity contribution in [2.45, 2.75) is 11.3 Å². The van der Waals surface area contributed by atoms with Crippen LogP contribution in [-0.2, 0) is 4.79 Å². The summed E-state index contributed by atoms with van der Waals surface area (Å²) in [6.07, 6.45) is 0. The Kier molecular flexibility index (Phi) is 4.38. The van der Waals surface area contributed by atoms with Crippen LogP contribution in [0.5, 0.6) is 0 Å². The number of carbonyl (C=O) groups excluding carboxylic acids is 1. The van der Waals surface area contributed by atoms with Gasteiger partial charge in [0.15, 0.2) is 4.34 Å². The molecule has 0 aliphatic rings. The van der Waals surface area contributed by atoms with Gasteiger partial charge in [0, 0.05) is 18.0 Å². The minimum atomic E-state index is 0.0204. The van der Waals surface area contributed by atoms with E-state index in [0.29, 0.717) is 5.75 Å². The molecule has 18 heavy (non-hydrogen) atoms. The number of amides is 1. The zero-order chi connectivity index (χ0) is 13.0. The lowest BCUT2D eigenvalue weighted by molar-refractivity contribution is -0.118. The molecule has 0 saturated heterocycles. The number of rotatable bonds is 4. The molecule has 0 unspecified atom stereocenters. The van der Waals surface area contributed by atoms with Crippen molar-refractivity contribution in [1.29, 1.82) is 0 Å². The van der Waals surface area contributed by atoms with Gasteiger partial charge in [-0.05, 0) is 6.92 Å². The number of nitrogens with zero attached hydrogens (tertiary/aromatic N) is 1. The molecule has 1 heterocycles. The Labute approximate surface area is 115 Å². The maximum atomic E-state index is 11.1. The lowest BCUT2D eigenvalue weighted by Gasteiger charge is -1.97. The molecule has 1 aromatic carbocycles. The molecule has 5 heteroatoms. The Hall–Kier alpha value is -1.33. The van der Waals surface area contributed by atoms with Gasteiger partial charge < -0.3 is 5.32 Å². The largest absolute Gasteiger partial charge is 0.358 e. The van der Waals surface area contributed by atoms with Crippen LogP contribution in [0, 0.1) is 6.92 Å². The van der Waals surface area contributed by atoms with Crippen molar-refractivity contribution < 1.29 is 4.79 Å². The van der Waals surface area contributed by atoms with Gasteiger partial charge in [-0.1, -0.05) is 41.6 Å². The highest BCUT2D eigenvalue weighted by molar-refractivity contribution is 8.01. The smallest absolute Gasteiger partial charge is 0.230 e. The standard InChI is InChI=1S/C13H14N2OS2/c1-9-3-5-10(6-4-9)11-7-17-13(15-11)18-8-12(16)14-2/h3-7H,8H2,1-2H3,(H,14,16). The average molecular weight is 278 g/mol. The molecule has 1 aromatic heterocycles. The summed E-state index contributed by atoms with van der Waals surface area (Å²) in [7, 11) is 1.64. The monoisotopic (exact) mass is 278 g/mol. The second-order valence-corrected chi connectivity index (χ2v) is 5.91. The van der Waals surface area contributed by atoms with Crippen LogP contribution in [0.1, 0.15) is 5.56 Å². The van der Waals surface area contributed by atoms with Crippen molar-refractivity contribution in [2.24, 2.45) is 0 Å².